The average Bonchev–Trinajstić information content (AvgIpc) is 2.95. The van der Waals surface area contributed by atoms with E-state index in [1.54, 1.807) is 7.11 Å². The number of quaternary nitrogens is 1. The van der Waals surface area contributed by atoms with Gasteiger partial charge in [-0.15, -0.1) is 0 Å². The molecule has 1 unspecified atom stereocenters. The number of nitrogens with zero attached hydrogens (tertiary/aromatic N) is 1. The molecule has 1 aromatic carbocycles. The standard InChI is InChI=1S/C18H26NO4/c1-11(2)14(20)9-13-16-12(6-7-19(13,3)4)8-15-17(18(16)21-5)23-10-22-15/h8,11,13H,6-7,9-10H2,1-5H3/q+1. The molecule has 5 heteroatoms. The number of rotatable bonds is 4. The molecule has 0 saturated heterocycles. The van der Waals surface area contributed by atoms with E-state index < -0.39 is 0 Å². The fraction of sp³-hybridized carbons (Fsp3) is 0.611. The van der Waals surface area contributed by atoms with Gasteiger partial charge in [-0.05, 0) is 11.6 Å². The van der Waals surface area contributed by atoms with Crippen LogP contribution >= 0.6 is 0 Å². The molecule has 0 aliphatic carbocycles. The maximum Gasteiger partial charge on any atom is 0.231 e. The zero-order valence-electron chi connectivity index (χ0n) is 14.6. The Kier molecular flexibility index (Phi) is 4.00. The van der Waals surface area contributed by atoms with E-state index in [1.165, 1.54) is 5.56 Å². The molecule has 2 heterocycles. The van der Waals surface area contributed by atoms with E-state index >= 15 is 0 Å². The molecule has 0 radical (unpaired) electrons. The highest BCUT2D eigenvalue weighted by Crippen LogP contribution is 2.51. The zero-order valence-corrected chi connectivity index (χ0v) is 14.6. The molecule has 0 amide bonds. The third-order valence-electron chi connectivity index (χ3n) is 5.12. The Morgan fingerprint density at radius 2 is 2.13 bits per heavy atom. The molecule has 0 fully saturated rings. The quantitative estimate of drug-likeness (QED) is 0.800. The number of hydrogen-bond acceptors (Lipinski definition) is 4. The van der Waals surface area contributed by atoms with Crippen LogP contribution in [0, 0.1) is 5.92 Å². The van der Waals surface area contributed by atoms with Gasteiger partial charge >= 0.3 is 0 Å². The smallest absolute Gasteiger partial charge is 0.231 e. The summed E-state index contributed by atoms with van der Waals surface area (Å²) in [6.07, 6.45) is 1.47. The summed E-state index contributed by atoms with van der Waals surface area (Å²) in [4.78, 5) is 12.4. The van der Waals surface area contributed by atoms with Crippen molar-refractivity contribution < 1.29 is 23.5 Å². The van der Waals surface area contributed by atoms with Crippen molar-refractivity contribution in [3.05, 3.63) is 17.2 Å². The Morgan fingerprint density at radius 3 is 2.78 bits per heavy atom. The van der Waals surface area contributed by atoms with E-state index in [2.05, 4.69) is 20.2 Å². The van der Waals surface area contributed by atoms with Gasteiger partial charge < -0.3 is 18.7 Å². The van der Waals surface area contributed by atoms with Crippen molar-refractivity contribution in [2.45, 2.75) is 32.7 Å². The minimum absolute atomic E-state index is 0.0420. The first-order valence-corrected chi connectivity index (χ1v) is 8.20. The van der Waals surface area contributed by atoms with Crippen molar-refractivity contribution >= 4 is 5.78 Å². The van der Waals surface area contributed by atoms with E-state index in [-0.39, 0.29) is 24.5 Å². The number of fused-ring (bicyclic) bond motifs is 2. The molecule has 5 nitrogen and oxygen atoms in total. The monoisotopic (exact) mass is 320 g/mol. The van der Waals surface area contributed by atoms with Gasteiger partial charge in [0.2, 0.25) is 12.5 Å². The Hall–Kier alpha value is -1.75. The Morgan fingerprint density at radius 1 is 1.39 bits per heavy atom. The van der Waals surface area contributed by atoms with Gasteiger partial charge in [0, 0.05) is 12.3 Å². The summed E-state index contributed by atoms with van der Waals surface area (Å²) in [5.41, 5.74) is 2.33. The highest BCUT2D eigenvalue weighted by Gasteiger charge is 2.42. The van der Waals surface area contributed by atoms with Crippen LogP contribution in [-0.4, -0.2) is 44.8 Å². The van der Waals surface area contributed by atoms with Gasteiger partial charge in [0.25, 0.3) is 0 Å². The Balaban J connectivity index is 2.12. The van der Waals surface area contributed by atoms with Crippen LogP contribution in [0.3, 0.4) is 0 Å². The van der Waals surface area contributed by atoms with Crippen LogP contribution in [0.2, 0.25) is 0 Å². The fourth-order valence-corrected chi connectivity index (χ4v) is 3.54. The number of benzene rings is 1. The number of likely N-dealkylation sites (N-methyl/N-ethyl adjacent to an activating group) is 1. The van der Waals surface area contributed by atoms with Crippen molar-refractivity contribution in [1.82, 2.24) is 0 Å². The second kappa shape index (κ2) is 5.71. The van der Waals surface area contributed by atoms with Gasteiger partial charge in [0.1, 0.15) is 11.8 Å². The minimum atomic E-state index is 0.0420. The normalized spacial score (nSPS) is 21.2. The molecule has 0 bridgehead atoms. The SMILES string of the molecule is COc1c2c(cc3c1C(CC(=O)C(C)C)[N+](C)(C)CC3)OCO2. The molecule has 23 heavy (non-hydrogen) atoms. The van der Waals surface area contributed by atoms with E-state index in [9.17, 15) is 4.79 Å². The molecule has 2 aliphatic rings. The third-order valence-corrected chi connectivity index (χ3v) is 5.12. The van der Waals surface area contributed by atoms with E-state index in [1.807, 2.05) is 13.8 Å². The summed E-state index contributed by atoms with van der Waals surface area (Å²) in [6.45, 7) is 5.14. The summed E-state index contributed by atoms with van der Waals surface area (Å²) in [6, 6.07) is 2.14. The highest BCUT2D eigenvalue weighted by molar-refractivity contribution is 5.81. The van der Waals surface area contributed by atoms with E-state index in [0.29, 0.717) is 12.2 Å². The molecule has 0 spiro atoms. The van der Waals surface area contributed by atoms with Crippen molar-refractivity contribution in [2.75, 3.05) is 34.5 Å². The summed E-state index contributed by atoms with van der Waals surface area (Å²) >= 11 is 0. The lowest BCUT2D eigenvalue weighted by molar-refractivity contribution is -0.922. The molecule has 0 N–H and O–H groups in total. The molecule has 3 rings (SSSR count). The van der Waals surface area contributed by atoms with Gasteiger partial charge in [-0.25, -0.2) is 0 Å². The van der Waals surface area contributed by atoms with Crippen LogP contribution in [0.4, 0.5) is 0 Å². The number of carbonyl (C=O) groups excluding carboxylic acids is 1. The third kappa shape index (κ3) is 2.67. The fourth-order valence-electron chi connectivity index (χ4n) is 3.54. The van der Waals surface area contributed by atoms with Gasteiger partial charge in [-0.3, -0.25) is 4.79 Å². The van der Waals surface area contributed by atoms with Gasteiger partial charge in [-0.1, -0.05) is 13.8 Å². The summed E-state index contributed by atoms with van der Waals surface area (Å²) < 4.78 is 17.6. The first-order valence-electron chi connectivity index (χ1n) is 8.20. The van der Waals surface area contributed by atoms with Crippen LogP contribution in [0.25, 0.3) is 0 Å². The number of methoxy groups -OCH3 is 1. The van der Waals surface area contributed by atoms with Crippen molar-refractivity contribution in [3.8, 4) is 17.2 Å². The molecular formula is C18H26NO4+. The topological polar surface area (TPSA) is 44.8 Å². The Labute approximate surface area is 137 Å². The van der Waals surface area contributed by atoms with Crippen LogP contribution in [0.5, 0.6) is 17.2 Å². The van der Waals surface area contributed by atoms with Crippen molar-refractivity contribution in [1.29, 1.82) is 0 Å². The number of carbonyl (C=O) groups is 1. The van der Waals surface area contributed by atoms with Crippen LogP contribution in [0.1, 0.15) is 37.4 Å². The molecular weight excluding hydrogens is 294 g/mol. The molecule has 0 saturated carbocycles. The molecule has 126 valence electrons. The van der Waals surface area contributed by atoms with Crippen molar-refractivity contribution in [3.63, 3.8) is 0 Å². The number of ether oxygens (including phenoxy) is 3. The van der Waals surface area contributed by atoms with E-state index in [0.717, 1.165) is 34.5 Å². The van der Waals surface area contributed by atoms with Gasteiger partial charge in [0.15, 0.2) is 11.5 Å². The maximum atomic E-state index is 12.4. The predicted octanol–water partition coefficient (Wildman–Crippen LogP) is 2.71. The largest absolute Gasteiger partial charge is 0.492 e. The Bertz CT molecular complexity index is 636. The molecule has 2 aliphatic heterocycles. The van der Waals surface area contributed by atoms with Gasteiger partial charge in [0.05, 0.1) is 39.7 Å². The lowest BCUT2D eigenvalue weighted by Crippen LogP contribution is -2.48. The molecule has 1 atom stereocenters. The van der Waals surface area contributed by atoms with Crippen LogP contribution in [-0.2, 0) is 11.2 Å². The lowest BCUT2D eigenvalue weighted by atomic mass is 9.85. The molecule has 0 aromatic heterocycles. The second-order valence-electron chi connectivity index (χ2n) is 7.31. The first-order chi connectivity index (χ1) is 10.8. The average molecular weight is 320 g/mol. The summed E-state index contributed by atoms with van der Waals surface area (Å²) in [5, 5.41) is 0. The van der Waals surface area contributed by atoms with E-state index in [4.69, 9.17) is 14.2 Å². The van der Waals surface area contributed by atoms with Crippen LogP contribution < -0.4 is 14.2 Å². The molecule has 1 aromatic rings. The first kappa shape index (κ1) is 16.1. The lowest BCUT2D eigenvalue weighted by Gasteiger charge is -2.43. The number of ketones is 1. The van der Waals surface area contributed by atoms with Gasteiger partial charge in [-0.2, -0.15) is 0 Å². The van der Waals surface area contributed by atoms with Crippen molar-refractivity contribution in [2.24, 2.45) is 5.92 Å². The predicted molar refractivity (Wildman–Crippen MR) is 87.0 cm³/mol. The number of Topliss-reactive ketones (excluding diaryl/α,β-unsaturated/α-hetero) is 1. The summed E-state index contributed by atoms with van der Waals surface area (Å²) in [7, 11) is 6.03. The number of hydrogen-bond donors (Lipinski definition) is 0. The summed E-state index contributed by atoms with van der Waals surface area (Å²) in [5.74, 6) is 2.49. The minimum Gasteiger partial charge on any atom is -0.492 e. The second-order valence-corrected chi connectivity index (χ2v) is 7.31. The zero-order chi connectivity index (χ0) is 16.8. The maximum absolute atomic E-state index is 12.4. The van der Waals surface area contributed by atoms with Crippen LogP contribution in [0.15, 0.2) is 6.07 Å². The highest BCUT2D eigenvalue weighted by atomic mass is 16.7.